The van der Waals surface area contributed by atoms with Gasteiger partial charge in [0.15, 0.2) is 0 Å². The van der Waals surface area contributed by atoms with Gasteiger partial charge in [0.05, 0.1) is 19.8 Å². The lowest BCUT2D eigenvalue weighted by Gasteiger charge is -2.14. The van der Waals surface area contributed by atoms with Crippen molar-refractivity contribution in [3.63, 3.8) is 0 Å². The lowest BCUT2D eigenvalue weighted by molar-refractivity contribution is 0.0550. The summed E-state index contributed by atoms with van der Waals surface area (Å²) in [6.45, 7) is 8.97. The molecule has 0 saturated carbocycles. The second-order valence-corrected chi connectivity index (χ2v) is 4.52. The highest BCUT2D eigenvalue weighted by Gasteiger charge is 2.05. The predicted molar refractivity (Wildman–Crippen MR) is 77.0 cm³/mol. The first-order valence-electron chi connectivity index (χ1n) is 6.79. The van der Waals surface area contributed by atoms with Crippen LogP contribution in [0.5, 0.6) is 11.5 Å². The molecule has 19 heavy (non-hydrogen) atoms. The Kier molecular flexibility index (Phi) is 7.30. The Hall–Kier alpha value is -1.26. The summed E-state index contributed by atoms with van der Waals surface area (Å²) in [5, 5.41) is 3.30. The topological polar surface area (TPSA) is 39.7 Å². The maximum absolute atomic E-state index is 5.76. The third kappa shape index (κ3) is 5.94. The number of hydrogen-bond donors (Lipinski definition) is 1. The van der Waals surface area contributed by atoms with Gasteiger partial charge in [-0.2, -0.15) is 0 Å². The quantitative estimate of drug-likeness (QED) is 0.698. The maximum Gasteiger partial charge on any atom is 0.124 e. The van der Waals surface area contributed by atoms with Crippen molar-refractivity contribution in [3.05, 3.63) is 23.8 Å². The Labute approximate surface area is 116 Å². The predicted octanol–water partition coefficient (Wildman–Crippen LogP) is 2.61. The van der Waals surface area contributed by atoms with E-state index in [9.17, 15) is 0 Å². The summed E-state index contributed by atoms with van der Waals surface area (Å²) in [5.74, 6) is 1.73. The molecule has 4 nitrogen and oxygen atoms in total. The molecular weight excluding hydrogens is 242 g/mol. The first kappa shape index (κ1) is 15.8. The van der Waals surface area contributed by atoms with E-state index < -0.39 is 0 Å². The highest BCUT2D eigenvalue weighted by atomic mass is 16.5. The molecule has 0 fully saturated rings. The molecule has 108 valence electrons. The van der Waals surface area contributed by atoms with E-state index in [1.54, 1.807) is 7.11 Å². The monoisotopic (exact) mass is 267 g/mol. The molecule has 4 heteroatoms. The van der Waals surface area contributed by atoms with Crippen molar-refractivity contribution >= 4 is 0 Å². The van der Waals surface area contributed by atoms with Gasteiger partial charge in [-0.15, -0.1) is 0 Å². The van der Waals surface area contributed by atoms with E-state index >= 15 is 0 Å². The molecule has 0 aliphatic heterocycles. The van der Waals surface area contributed by atoms with E-state index in [-0.39, 0.29) is 6.10 Å². The summed E-state index contributed by atoms with van der Waals surface area (Å²) in [6, 6.07) is 5.86. The molecule has 0 aromatic heterocycles. The zero-order valence-corrected chi connectivity index (χ0v) is 12.4. The van der Waals surface area contributed by atoms with Gasteiger partial charge in [0.1, 0.15) is 18.1 Å². The van der Waals surface area contributed by atoms with Crippen molar-refractivity contribution in [2.45, 2.75) is 33.4 Å². The Morgan fingerprint density at radius 1 is 1.21 bits per heavy atom. The van der Waals surface area contributed by atoms with Gasteiger partial charge in [-0.25, -0.2) is 0 Å². The van der Waals surface area contributed by atoms with Crippen LogP contribution in [0.3, 0.4) is 0 Å². The summed E-state index contributed by atoms with van der Waals surface area (Å²) < 4.78 is 16.5. The van der Waals surface area contributed by atoms with Crippen molar-refractivity contribution in [1.82, 2.24) is 5.32 Å². The minimum atomic E-state index is 0.237. The van der Waals surface area contributed by atoms with E-state index in [0.717, 1.165) is 30.2 Å². The Morgan fingerprint density at radius 3 is 2.63 bits per heavy atom. The van der Waals surface area contributed by atoms with Crippen LogP contribution in [0, 0.1) is 0 Å². The molecule has 0 unspecified atom stereocenters. The molecule has 0 atom stereocenters. The number of benzene rings is 1. The SMILES string of the molecule is CCNCc1cc(OC)ccc1OCCOC(C)C. The summed E-state index contributed by atoms with van der Waals surface area (Å²) in [4.78, 5) is 0. The van der Waals surface area contributed by atoms with Crippen molar-refractivity contribution in [1.29, 1.82) is 0 Å². The normalized spacial score (nSPS) is 10.8. The molecular formula is C15H25NO3. The second kappa shape index (κ2) is 8.77. The fraction of sp³-hybridized carbons (Fsp3) is 0.600. The number of rotatable bonds is 9. The van der Waals surface area contributed by atoms with Gasteiger partial charge in [-0.3, -0.25) is 0 Å². The Balaban J connectivity index is 2.58. The summed E-state index contributed by atoms with van der Waals surface area (Å²) in [6.07, 6.45) is 0.237. The third-order valence-corrected chi connectivity index (χ3v) is 2.63. The molecule has 1 aromatic carbocycles. The van der Waals surface area contributed by atoms with E-state index in [1.165, 1.54) is 0 Å². The van der Waals surface area contributed by atoms with Crippen molar-refractivity contribution < 1.29 is 14.2 Å². The highest BCUT2D eigenvalue weighted by Crippen LogP contribution is 2.24. The van der Waals surface area contributed by atoms with Crippen LogP contribution in [-0.4, -0.2) is 33.0 Å². The van der Waals surface area contributed by atoms with Crippen LogP contribution in [0.2, 0.25) is 0 Å². The molecule has 0 saturated heterocycles. The largest absolute Gasteiger partial charge is 0.497 e. The molecule has 1 N–H and O–H groups in total. The number of ether oxygens (including phenoxy) is 3. The van der Waals surface area contributed by atoms with E-state index in [0.29, 0.717) is 13.2 Å². The van der Waals surface area contributed by atoms with E-state index in [2.05, 4.69) is 12.2 Å². The van der Waals surface area contributed by atoms with Crippen LogP contribution >= 0.6 is 0 Å². The van der Waals surface area contributed by atoms with E-state index in [1.807, 2.05) is 32.0 Å². The zero-order chi connectivity index (χ0) is 14.1. The van der Waals surface area contributed by atoms with Gasteiger partial charge in [-0.05, 0) is 38.6 Å². The second-order valence-electron chi connectivity index (χ2n) is 4.52. The lowest BCUT2D eigenvalue weighted by atomic mass is 10.2. The number of hydrogen-bond acceptors (Lipinski definition) is 4. The van der Waals surface area contributed by atoms with Crippen LogP contribution in [0.1, 0.15) is 26.3 Å². The number of methoxy groups -OCH3 is 1. The molecule has 0 amide bonds. The maximum atomic E-state index is 5.76. The van der Waals surface area contributed by atoms with Crippen molar-refractivity contribution in [3.8, 4) is 11.5 Å². The molecule has 0 aliphatic rings. The minimum Gasteiger partial charge on any atom is -0.497 e. The average Bonchev–Trinajstić information content (AvgIpc) is 2.41. The van der Waals surface area contributed by atoms with E-state index in [4.69, 9.17) is 14.2 Å². The van der Waals surface area contributed by atoms with Gasteiger partial charge in [0.2, 0.25) is 0 Å². The summed E-state index contributed by atoms with van der Waals surface area (Å²) >= 11 is 0. The van der Waals surface area contributed by atoms with Crippen molar-refractivity contribution in [2.24, 2.45) is 0 Å². The van der Waals surface area contributed by atoms with Crippen LogP contribution < -0.4 is 14.8 Å². The summed E-state index contributed by atoms with van der Waals surface area (Å²) in [7, 11) is 1.67. The molecule has 0 bridgehead atoms. The zero-order valence-electron chi connectivity index (χ0n) is 12.4. The molecule has 1 rings (SSSR count). The van der Waals surface area contributed by atoms with Crippen LogP contribution in [0.25, 0.3) is 0 Å². The van der Waals surface area contributed by atoms with Crippen LogP contribution in [-0.2, 0) is 11.3 Å². The molecule has 0 radical (unpaired) electrons. The molecule has 0 aliphatic carbocycles. The third-order valence-electron chi connectivity index (χ3n) is 2.63. The first-order valence-corrected chi connectivity index (χ1v) is 6.79. The standard InChI is InChI=1S/C15H25NO3/c1-5-16-11-13-10-14(17-4)6-7-15(13)19-9-8-18-12(2)3/h6-7,10,12,16H,5,8-9,11H2,1-4H3. The van der Waals surface area contributed by atoms with Gasteiger partial charge >= 0.3 is 0 Å². The fourth-order valence-corrected chi connectivity index (χ4v) is 1.66. The number of nitrogens with one attached hydrogen (secondary N) is 1. The minimum absolute atomic E-state index is 0.237. The van der Waals surface area contributed by atoms with Crippen LogP contribution in [0.15, 0.2) is 18.2 Å². The fourth-order valence-electron chi connectivity index (χ4n) is 1.66. The van der Waals surface area contributed by atoms with Gasteiger partial charge in [-0.1, -0.05) is 6.92 Å². The van der Waals surface area contributed by atoms with Gasteiger partial charge < -0.3 is 19.5 Å². The Morgan fingerprint density at radius 2 is 2.00 bits per heavy atom. The lowest BCUT2D eigenvalue weighted by Crippen LogP contribution is -2.15. The molecule has 1 aromatic rings. The smallest absolute Gasteiger partial charge is 0.124 e. The average molecular weight is 267 g/mol. The molecule has 0 spiro atoms. The van der Waals surface area contributed by atoms with Gasteiger partial charge in [0.25, 0.3) is 0 Å². The Bertz CT molecular complexity index is 366. The first-order chi connectivity index (χ1) is 9.17. The molecule has 0 heterocycles. The van der Waals surface area contributed by atoms with Gasteiger partial charge in [0, 0.05) is 12.1 Å². The summed E-state index contributed by atoms with van der Waals surface area (Å²) in [5.41, 5.74) is 1.10. The highest BCUT2D eigenvalue weighted by molar-refractivity contribution is 5.40. The van der Waals surface area contributed by atoms with Crippen molar-refractivity contribution in [2.75, 3.05) is 26.9 Å². The van der Waals surface area contributed by atoms with Crippen LogP contribution in [0.4, 0.5) is 0 Å².